The van der Waals surface area contributed by atoms with E-state index in [1.165, 1.54) is 18.2 Å². The second-order valence-corrected chi connectivity index (χ2v) is 8.39. The molecule has 2 N–H and O–H groups in total. The van der Waals surface area contributed by atoms with Gasteiger partial charge in [-0.3, -0.25) is 4.79 Å². The highest BCUT2D eigenvalue weighted by atomic mass is 35.5. The van der Waals surface area contributed by atoms with Crippen LogP contribution in [0, 0.1) is 0 Å². The van der Waals surface area contributed by atoms with Gasteiger partial charge >= 0.3 is 0 Å². The second-order valence-electron chi connectivity index (χ2n) is 5.81. The van der Waals surface area contributed by atoms with E-state index in [4.69, 9.17) is 23.2 Å². The number of hydrogen-bond acceptors (Lipinski definition) is 3. The third kappa shape index (κ3) is 6.07. The van der Waals surface area contributed by atoms with Gasteiger partial charge in [-0.2, -0.15) is 0 Å². The molecule has 2 aromatic rings. The van der Waals surface area contributed by atoms with Gasteiger partial charge in [0.25, 0.3) is 0 Å². The Hall–Kier alpha value is -1.86. The van der Waals surface area contributed by atoms with Crippen molar-refractivity contribution in [2.45, 2.75) is 24.8 Å². The molecular weight excluding hydrogens is 407 g/mol. The lowest BCUT2D eigenvalue weighted by Gasteiger charge is -2.13. The molecule has 0 aromatic heterocycles. The minimum absolute atomic E-state index is 0.180. The first-order valence-electron chi connectivity index (χ1n) is 8.26. The van der Waals surface area contributed by atoms with Crippen molar-refractivity contribution in [3.05, 3.63) is 69.7 Å². The molecule has 0 aliphatic rings. The lowest BCUT2D eigenvalue weighted by molar-refractivity contribution is -0.117. The molecule has 27 heavy (non-hydrogen) atoms. The predicted octanol–water partition coefficient (Wildman–Crippen LogP) is 4.18. The summed E-state index contributed by atoms with van der Waals surface area (Å²) < 4.78 is 26.2. The smallest absolute Gasteiger partial charge is 0.244 e. The molecule has 0 radical (unpaired) electrons. The molecular formula is C19H20Cl2N2O3S. The number of nitrogens with one attached hydrogen (secondary N) is 2. The number of halogens is 2. The van der Waals surface area contributed by atoms with Gasteiger partial charge in [0.1, 0.15) is 0 Å². The molecule has 0 spiro atoms. The molecule has 1 atom stereocenters. The monoisotopic (exact) mass is 426 g/mol. The molecule has 144 valence electrons. The Labute approximate surface area is 169 Å². The molecule has 0 bridgehead atoms. The van der Waals surface area contributed by atoms with Crippen LogP contribution in [0.4, 0.5) is 0 Å². The van der Waals surface area contributed by atoms with Crippen molar-refractivity contribution in [2.75, 3.05) is 6.54 Å². The summed E-state index contributed by atoms with van der Waals surface area (Å²) in [6, 6.07) is 11.2. The maximum atomic E-state index is 12.1. The normalized spacial score (nSPS) is 12.9. The van der Waals surface area contributed by atoms with Gasteiger partial charge in [-0.25, -0.2) is 13.1 Å². The van der Waals surface area contributed by atoms with E-state index in [9.17, 15) is 13.2 Å². The van der Waals surface area contributed by atoms with Gasteiger partial charge in [0.15, 0.2) is 0 Å². The quantitative estimate of drug-likeness (QED) is 0.651. The van der Waals surface area contributed by atoms with E-state index in [-0.39, 0.29) is 16.8 Å². The molecule has 0 saturated heterocycles. The van der Waals surface area contributed by atoms with Crippen LogP contribution in [0.5, 0.6) is 0 Å². The molecule has 8 heteroatoms. The number of sulfonamides is 1. The fraction of sp³-hybridized carbons (Fsp3) is 0.211. The van der Waals surface area contributed by atoms with Crippen LogP contribution in [0.3, 0.4) is 0 Å². The van der Waals surface area contributed by atoms with Crippen LogP contribution in [0.15, 0.2) is 53.4 Å². The van der Waals surface area contributed by atoms with Gasteiger partial charge in [-0.05, 0) is 48.4 Å². The van der Waals surface area contributed by atoms with Gasteiger partial charge < -0.3 is 5.32 Å². The predicted molar refractivity (Wildman–Crippen MR) is 109 cm³/mol. The molecule has 2 rings (SSSR count). The lowest BCUT2D eigenvalue weighted by Crippen LogP contribution is -2.24. The Bertz CT molecular complexity index is 942. The van der Waals surface area contributed by atoms with E-state index >= 15 is 0 Å². The molecule has 0 fully saturated rings. The van der Waals surface area contributed by atoms with Gasteiger partial charge in [0.2, 0.25) is 15.9 Å². The Morgan fingerprint density at radius 3 is 2.37 bits per heavy atom. The minimum Gasteiger partial charge on any atom is -0.346 e. The first kappa shape index (κ1) is 21.4. The first-order valence-corrected chi connectivity index (χ1v) is 10.5. The molecule has 1 unspecified atom stereocenters. The molecule has 0 saturated carbocycles. The standard InChI is InChI=1S/C19H20Cl2N2O3S/c1-3-22-27(25,26)16-8-4-14(5-9-16)6-11-19(24)23-13(2)15-7-10-17(20)18(21)12-15/h4-13,22H,3H2,1-2H3,(H,23,24)/b11-6+. The molecule has 1 amide bonds. The molecule has 0 aliphatic heterocycles. The van der Waals surface area contributed by atoms with E-state index in [1.807, 2.05) is 6.92 Å². The van der Waals surface area contributed by atoms with Crippen molar-refractivity contribution >= 4 is 45.2 Å². The van der Waals surface area contributed by atoms with Crippen molar-refractivity contribution in [3.8, 4) is 0 Å². The highest BCUT2D eigenvalue weighted by Crippen LogP contribution is 2.25. The number of rotatable bonds is 7. The van der Waals surface area contributed by atoms with Crippen molar-refractivity contribution in [1.82, 2.24) is 10.0 Å². The number of carbonyl (C=O) groups excluding carboxylic acids is 1. The van der Waals surface area contributed by atoms with Crippen molar-refractivity contribution < 1.29 is 13.2 Å². The molecule has 2 aromatic carbocycles. The first-order chi connectivity index (χ1) is 12.7. The zero-order valence-electron chi connectivity index (χ0n) is 14.9. The van der Waals surface area contributed by atoms with Crippen LogP contribution >= 0.6 is 23.2 Å². The number of carbonyl (C=O) groups is 1. The van der Waals surface area contributed by atoms with Crippen LogP contribution < -0.4 is 10.0 Å². The second kappa shape index (κ2) is 9.37. The highest BCUT2D eigenvalue weighted by Gasteiger charge is 2.12. The minimum atomic E-state index is -3.49. The Morgan fingerprint density at radius 1 is 1.11 bits per heavy atom. The number of amides is 1. The number of hydrogen-bond donors (Lipinski definition) is 2. The van der Waals surface area contributed by atoms with Crippen LogP contribution in [-0.4, -0.2) is 20.9 Å². The summed E-state index contributed by atoms with van der Waals surface area (Å²) in [7, 11) is -3.49. The zero-order chi connectivity index (χ0) is 20.0. The van der Waals surface area contributed by atoms with Crippen LogP contribution in [0.2, 0.25) is 10.0 Å². The molecule has 5 nitrogen and oxygen atoms in total. The van der Waals surface area contributed by atoms with Gasteiger partial charge in [0, 0.05) is 12.6 Å². The van der Waals surface area contributed by atoms with Crippen molar-refractivity contribution in [1.29, 1.82) is 0 Å². The van der Waals surface area contributed by atoms with E-state index in [2.05, 4.69) is 10.0 Å². The van der Waals surface area contributed by atoms with E-state index in [0.717, 1.165) is 5.56 Å². The van der Waals surface area contributed by atoms with E-state index in [0.29, 0.717) is 22.2 Å². The summed E-state index contributed by atoms with van der Waals surface area (Å²) in [5.74, 6) is -0.280. The topological polar surface area (TPSA) is 75.3 Å². The maximum Gasteiger partial charge on any atom is 0.244 e. The fourth-order valence-corrected chi connectivity index (χ4v) is 3.68. The van der Waals surface area contributed by atoms with Crippen molar-refractivity contribution in [3.63, 3.8) is 0 Å². The van der Waals surface area contributed by atoms with Crippen LogP contribution in [-0.2, 0) is 14.8 Å². The maximum absolute atomic E-state index is 12.1. The summed E-state index contributed by atoms with van der Waals surface area (Å²) >= 11 is 11.9. The largest absolute Gasteiger partial charge is 0.346 e. The summed E-state index contributed by atoms with van der Waals surface area (Å²) in [6.45, 7) is 3.87. The summed E-state index contributed by atoms with van der Waals surface area (Å²) in [5, 5.41) is 3.72. The number of benzene rings is 2. The third-order valence-electron chi connectivity index (χ3n) is 3.75. The fourth-order valence-electron chi connectivity index (χ4n) is 2.33. The van der Waals surface area contributed by atoms with Crippen LogP contribution in [0.1, 0.15) is 31.0 Å². The Balaban J connectivity index is 2.00. The average Bonchev–Trinajstić information content (AvgIpc) is 2.62. The average molecular weight is 427 g/mol. The summed E-state index contributed by atoms with van der Waals surface area (Å²) in [5.41, 5.74) is 1.55. The van der Waals surface area contributed by atoms with E-state index in [1.54, 1.807) is 43.3 Å². The zero-order valence-corrected chi connectivity index (χ0v) is 17.2. The molecule has 0 heterocycles. The van der Waals surface area contributed by atoms with Crippen LogP contribution in [0.25, 0.3) is 6.08 Å². The Kier molecular flexibility index (Phi) is 7.44. The molecule has 0 aliphatic carbocycles. The SMILES string of the molecule is CCNS(=O)(=O)c1ccc(/C=C/C(=O)NC(C)c2ccc(Cl)c(Cl)c2)cc1. The van der Waals surface area contributed by atoms with Gasteiger partial charge in [-0.1, -0.05) is 48.3 Å². The summed E-state index contributed by atoms with van der Waals surface area (Å²) in [6.07, 6.45) is 3.00. The Morgan fingerprint density at radius 2 is 1.78 bits per heavy atom. The summed E-state index contributed by atoms with van der Waals surface area (Å²) in [4.78, 5) is 12.3. The van der Waals surface area contributed by atoms with E-state index < -0.39 is 10.0 Å². The van der Waals surface area contributed by atoms with Gasteiger partial charge in [-0.15, -0.1) is 0 Å². The van der Waals surface area contributed by atoms with Crippen molar-refractivity contribution in [2.24, 2.45) is 0 Å². The highest BCUT2D eigenvalue weighted by molar-refractivity contribution is 7.89. The lowest BCUT2D eigenvalue weighted by atomic mass is 10.1. The van der Waals surface area contributed by atoms with Gasteiger partial charge in [0.05, 0.1) is 21.0 Å². The third-order valence-corrected chi connectivity index (χ3v) is 6.05.